The Bertz CT molecular complexity index is 554. The summed E-state index contributed by atoms with van der Waals surface area (Å²) in [6, 6.07) is 0. The molecule has 0 fully saturated rings. The Kier molecular flexibility index (Phi) is 7.39. The molecule has 2 rings (SSSR count). The lowest BCUT2D eigenvalue weighted by molar-refractivity contribution is 0.210. The molecule has 118 valence electrons. The fourth-order valence-electron chi connectivity index (χ4n) is 2.00. The summed E-state index contributed by atoms with van der Waals surface area (Å²) >= 11 is 5.91. The van der Waals surface area contributed by atoms with Crippen LogP contribution < -0.4 is 5.32 Å². The Balaban J connectivity index is 0.00000106. The van der Waals surface area contributed by atoms with Gasteiger partial charge in [0.25, 0.3) is 0 Å². The molecule has 2 aromatic rings. The molecule has 0 saturated carbocycles. The maximum Gasteiger partial charge on any atom is 0.226 e. The van der Waals surface area contributed by atoms with Gasteiger partial charge in [-0.05, 0) is 23.9 Å². The molecule has 2 aromatic heterocycles. The van der Waals surface area contributed by atoms with Crippen LogP contribution in [0.4, 0.5) is 5.82 Å². The lowest BCUT2D eigenvalue weighted by Gasteiger charge is -2.11. The first kappa shape index (κ1) is 17.7. The summed E-state index contributed by atoms with van der Waals surface area (Å²) < 4.78 is 1.95. The number of nitrogens with zero attached hydrogens (tertiary/aromatic N) is 4. The smallest absolute Gasteiger partial charge is 0.226 e. The van der Waals surface area contributed by atoms with E-state index in [4.69, 9.17) is 11.6 Å². The average molecular weight is 314 g/mol. The van der Waals surface area contributed by atoms with Crippen molar-refractivity contribution in [3.8, 4) is 0 Å². The number of halogens is 1. The van der Waals surface area contributed by atoms with Gasteiger partial charge in [0.2, 0.25) is 5.28 Å². The number of aryl methyl sites for hydroxylation is 1. The largest absolute Gasteiger partial charge is 0.396 e. The van der Waals surface area contributed by atoms with Gasteiger partial charge in [-0.1, -0.05) is 27.2 Å². The van der Waals surface area contributed by atoms with E-state index in [1.54, 1.807) is 13.4 Å². The normalized spacial score (nSPS) is 11.9. The zero-order valence-electron chi connectivity index (χ0n) is 13.1. The number of aliphatic hydroxyl groups is 1. The van der Waals surface area contributed by atoms with E-state index >= 15 is 0 Å². The molecular formula is C14H24ClN5O. The van der Waals surface area contributed by atoms with Gasteiger partial charge < -0.3 is 15.0 Å². The molecule has 0 aliphatic carbocycles. The van der Waals surface area contributed by atoms with E-state index in [1.807, 2.05) is 18.4 Å². The van der Waals surface area contributed by atoms with Crippen LogP contribution in [0.25, 0.3) is 11.2 Å². The summed E-state index contributed by atoms with van der Waals surface area (Å²) in [7, 11) is 1.77. The van der Waals surface area contributed by atoms with E-state index in [0.717, 1.165) is 25.0 Å². The molecule has 6 nitrogen and oxygen atoms in total. The van der Waals surface area contributed by atoms with Crippen molar-refractivity contribution in [3.05, 3.63) is 11.6 Å². The molecular weight excluding hydrogens is 290 g/mol. The van der Waals surface area contributed by atoms with Crippen molar-refractivity contribution < 1.29 is 5.11 Å². The quantitative estimate of drug-likeness (QED) is 0.802. The van der Waals surface area contributed by atoms with Crippen molar-refractivity contribution in [1.82, 2.24) is 19.5 Å². The highest BCUT2D eigenvalue weighted by Crippen LogP contribution is 2.21. The van der Waals surface area contributed by atoms with Crippen molar-refractivity contribution in [3.63, 3.8) is 0 Å². The summed E-state index contributed by atoms with van der Waals surface area (Å²) in [6.07, 6.45) is 3.58. The van der Waals surface area contributed by atoms with E-state index in [9.17, 15) is 5.11 Å². The van der Waals surface area contributed by atoms with E-state index in [0.29, 0.717) is 17.3 Å². The van der Waals surface area contributed by atoms with Gasteiger partial charge in [0.05, 0.1) is 6.33 Å². The van der Waals surface area contributed by atoms with Crippen LogP contribution in [0, 0.1) is 5.92 Å². The van der Waals surface area contributed by atoms with Crippen LogP contribution in [-0.2, 0) is 6.54 Å². The summed E-state index contributed by atoms with van der Waals surface area (Å²) in [4.78, 5) is 12.6. The minimum Gasteiger partial charge on any atom is -0.396 e. The number of hydrogen-bond donors (Lipinski definition) is 2. The molecule has 7 heteroatoms. The predicted molar refractivity (Wildman–Crippen MR) is 86.7 cm³/mol. The number of nitrogens with one attached hydrogen (secondary N) is 1. The molecule has 2 heterocycles. The van der Waals surface area contributed by atoms with E-state index in [2.05, 4.69) is 27.2 Å². The molecule has 1 atom stereocenters. The number of fused-ring (bicyclic) bond motifs is 1. The molecule has 0 bridgehead atoms. The summed E-state index contributed by atoms with van der Waals surface area (Å²) in [6.45, 7) is 7.04. The topological polar surface area (TPSA) is 75.9 Å². The second kappa shape index (κ2) is 8.79. The van der Waals surface area contributed by atoms with Crippen LogP contribution in [0.1, 0.15) is 33.6 Å². The van der Waals surface area contributed by atoms with Gasteiger partial charge in [-0.3, -0.25) is 0 Å². The fourth-order valence-corrected chi connectivity index (χ4v) is 2.17. The highest BCUT2D eigenvalue weighted by molar-refractivity contribution is 6.28. The molecule has 21 heavy (non-hydrogen) atoms. The van der Waals surface area contributed by atoms with Crippen LogP contribution >= 0.6 is 11.6 Å². The fraction of sp³-hybridized carbons (Fsp3) is 0.643. The Morgan fingerprint density at radius 1 is 1.38 bits per heavy atom. The number of rotatable bonds is 6. The van der Waals surface area contributed by atoms with Crippen LogP contribution in [0.5, 0.6) is 0 Å². The monoisotopic (exact) mass is 313 g/mol. The highest BCUT2D eigenvalue weighted by atomic mass is 35.5. The zero-order valence-corrected chi connectivity index (χ0v) is 13.9. The zero-order chi connectivity index (χ0) is 15.8. The molecule has 0 aliphatic heterocycles. The van der Waals surface area contributed by atoms with E-state index in [-0.39, 0.29) is 11.9 Å². The average Bonchev–Trinajstić information content (AvgIpc) is 2.92. The van der Waals surface area contributed by atoms with Crippen LogP contribution in [0.15, 0.2) is 6.33 Å². The second-order valence-corrected chi connectivity index (χ2v) is 4.79. The first-order valence-electron chi connectivity index (χ1n) is 7.36. The minimum atomic E-state index is 0.202. The van der Waals surface area contributed by atoms with Gasteiger partial charge in [0.1, 0.15) is 0 Å². The van der Waals surface area contributed by atoms with Gasteiger partial charge in [-0.25, -0.2) is 4.98 Å². The molecule has 0 radical (unpaired) electrons. The first-order valence-corrected chi connectivity index (χ1v) is 7.74. The van der Waals surface area contributed by atoms with Gasteiger partial charge in [-0.15, -0.1) is 0 Å². The summed E-state index contributed by atoms with van der Waals surface area (Å²) in [5.41, 5.74) is 1.43. The summed E-state index contributed by atoms with van der Waals surface area (Å²) in [5, 5.41) is 12.4. The molecule has 0 spiro atoms. The Labute approximate surface area is 130 Å². The number of imidazole rings is 1. The SMILES string of the molecule is CC.CCC(CO)CCn1cnc2c(NC)nc(Cl)nc21. The van der Waals surface area contributed by atoms with Crippen molar-refractivity contribution in [1.29, 1.82) is 0 Å². The van der Waals surface area contributed by atoms with Crippen molar-refractivity contribution in [2.45, 2.75) is 40.2 Å². The van der Waals surface area contributed by atoms with Crippen molar-refractivity contribution >= 4 is 28.6 Å². The van der Waals surface area contributed by atoms with E-state index < -0.39 is 0 Å². The van der Waals surface area contributed by atoms with E-state index in [1.165, 1.54) is 0 Å². The first-order chi connectivity index (χ1) is 10.2. The van der Waals surface area contributed by atoms with Crippen molar-refractivity contribution in [2.75, 3.05) is 19.0 Å². The molecule has 0 aromatic carbocycles. The third-order valence-electron chi connectivity index (χ3n) is 3.29. The summed E-state index contributed by atoms with van der Waals surface area (Å²) in [5.74, 6) is 0.932. The molecule has 2 N–H and O–H groups in total. The van der Waals surface area contributed by atoms with Gasteiger partial charge >= 0.3 is 0 Å². The Morgan fingerprint density at radius 3 is 2.67 bits per heavy atom. The predicted octanol–water partition coefficient (Wildman–Crippen LogP) is 2.96. The number of aromatic nitrogens is 4. The number of anilines is 1. The van der Waals surface area contributed by atoms with Gasteiger partial charge in [0, 0.05) is 20.2 Å². The van der Waals surface area contributed by atoms with Crippen molar-refractivity contribution in [2.24, 2.45) is 5.92 Å². The lowest BCUT2D eigenvalue weighted by atomic mass is 10.0. The molecule has 0 aliphatic rings. The maximum absolute atomic E-state index is 9.21. The van der Waals surface area contributed by atoms with Crippen LogP contribution in [0.3, 0.4) is 0 Å². The molecule has 0 amide bonds. The van der Waals surface area contributed by atoms with Crippen LogP contribution in [0.2, 0.25) is 5.28 Å². The number of hydrogen-bond acceptors (Lipinski definition) is 5. The molecule has 1 unspecified atom stereocenters. The standard InChI is InChI=1S/C12H18ClN5O.C2H6/c1-3-8(6-19)4-5-18-7-15-9-10(14-2)16-12(13)17-11(9)18;1-2/h7-8,19H,3-6H2,1-2H3,(H,14,16,17);1-2H3. The second-order valence-electron chi connectivity index (χ2n) is 4.45. The third-order valence-corrected chi connectivity index (χ3v) is 3.46. The maximum atomic E-state index is 9.21. The highest BCUT2D eigenvalue weighted by Gasteiger charge is 2.12. The Hall–Kier alpha value is -1.40. The lowest BCUT2D eigenvalue weighted by Crippen LogP contribution is -2.09. The third kappa shape index (κ3) is 4.28. The van der Waals surface area contributed by atoms with Gasteiger partial charge in [-0.2, -0.15) is 9.97 Å². The minimum absolute atomic E-state index is 0.202. The number of aliphatic hydroxyl groups excluding tert-OH is 1. The Morgan fingerprint density at radius 2 is 2.10 bits per heavy atom. The van der Waals surface area contributed by atoms with Gasteiger partial charge in [0.15, 0.2) is 17.0 Å². The van der Waals surface area contributed by atoms with Crippen LogP contribution in [-0.4, -0.2) is 38.3 Å². The molecule has 0 saturated heterocycles.